The van der Waals surface area contributed by atoms with Gasteiger partial charge in [0.15, 0.2) is 18.1 Å². The van der Waals surface area contributed by atoms with Gasteiger partial charge in [0, 0.05) is 12.1 Å². The second kappa shape index (κ2) is 6.99. The van der Waals surface area contributed by atoms with Crippen LogP contribution in [0.5, 0.6) is 23.0 Å². The summed E-state index contributed by atoms with van der Waals surface area (Å²) < 4.78 is 21.2. The van der Waals surface area contributed by atoms with Crippen LogP contribution in [0.3, 0.4) is 0 Å². The SMILES string of the molecule is COc1cc(OCC(=O)c2cccs2)cc(OC)c1OC. The Hall–Kier alpha value is -2.21. The summed E-state index contributed by atoms with van der Waals surface area (Å²) in [7, 11) is 4.58. The Labute approximate surface area is 127 Å². The van der Waals surface area contributed by atoms with Crippen molar-refractivity contribution >= 4 is 17.1 Å². The van der Waals surface area contributed by atoms with Crippen molar-refractivity contribution in [1.29, 1.82) is 0 Å². The number of ketones is 1. The molecule has 1 aromatic heterocycles. The first-order chi connectivity index (χ1) is 10.2. The molecule has 0 unspecified atom stereocenters. The standard InChI is InChI=1S/C15H16O5S/c1-17-12-7-10(8-13(18-2)15(12)19-3)20-9-11(16)14-5-4-6-21-14/h4-8H,9H2,1-3H3. The predicted octanol–water partition coefficient (Wildman–Crippen LogP) is 3.04. The molecule has 1 heterocycles. The number of rotatable bonds is 7. The number of ether oxygens (including phenoxy) is 4. The van der Waals surface area contributed by atoms with E-state index in [1.807, 2.05) is 11.4 Å². The molecule has 0 amide bonds. The minimum atomic E-state index is -0.0706. The molecule has 0 fully saturated rings. The summed E-state index contributed by atoms with van der Waals surface area (Å²) in [5.41, 5.74) is 0. The van der Waals surface area contributed by atoms with Gasteiger partial charge in [-0.2, -0.15) is 0 Å². The van der Waals surface area contributed by atoms with Gasteiger partial charge in [-0.05, 0) is 11.4 Å². The maximum absolute atomic E-state index is 11.9. The van der Waals surface area contributed by atoms with Crippen LogP contribution in [-0.2, 0) is 0 Å². The lowest BCUT2D eigenvalue weighted by molar-refractivity contribution is 0.0925. The highest BCUT2D eigenvalue weighted by Crippen LogP contribution is 2.40. The molecule has 0 saturated carbocycles. The van der Waals surface area contributed by atoms with E-state index in [1.54, 1.807) is 18.2 Å². The third kappa shape index (κ3) is 3.46. The van der Waals surface area contributed by atoms with Gasteiger partial charge in [0.1, 0.15) is 5.75 Å². The molecule has 0 bridgehead atoms. The summed E-state index contributed by atoms with van der Waals surface area (Å²) in [6.45, 7) is -0.0425. The molecule has 0 aliphatic carbocycles. The first-order valence-corrected chi connectivity index (χ1v) is 7.07. The van der Waals surface area contributed by atoms with Crippen LogP contribution in [0.2, 0.25) is 0 Å². The molecule has 1 aromatic carbocycles. The fourth-order valence-electron chi connectivity index (χ4n) is 1.80. The quantitative estimate of drug-likeness (QED) is 0.736. The third-order valence-electron chi connectivity index (χ3n) is 2.80. The second-order valence-corrected chi connectivity index (χ2v) is 5.00. The summed E-state index contributed by atoms with van der Waals surface area (Å²) >= 11 is 1.39. The van der Waals surface area contributed by atoms with Gasteiger partial charge in [-0.25, -0.2) is 0 Å². The predicted molar refractivity (Wildman–Crippen MR) is 80.2 cm³/mol. The Morgan fingerprint density at radius 1 is 1.10 bits per heavy atom. The molecule has 2 aromatic rings. The minimum absolute atomic E-state index is 0.0425. The maximum atomic E-state index is 11.9. The molecule has 21 heavy (non-hydrogen) atoms. The Balaban J connectivity index is 2.15. The van der Waals surface area contributed by atoms with Gasteiger partial charge in [0.2, 0.25) is 11.5 Å². The fraction of sp³-hybridized carbons (Fsp3) is 0.267. The van der Waals surface area contributed by atoms with E-state index < -0.39 is 0 Å². The lowest BCUT2D eigenvalue weighted by Crippen LogP contribution is -2.10. The molecule has 0 radical (unpaired) electrons. The number of carbonyl (C=O) groups is 1. The Bertz CT molecular complexity index is 582. The van der Waals surface area contributed by atoms with Gasteiger partial charge in [-0.1, -0.05) is 6.07 Å². The van der Waals surface area contributed by atoms with Crippen LogP contribution in [0.4, 0.5) is 0 Å². The van der Waals surface area contributed by atoms with Gasteiger partial charge in [-0.3, -0.25) is 4.79 Å². The summed E-state index contributed by atoms with van der Waals surface area (Å²) in [6.07, 6.45) is 0. The van der Waals surface area contributed by atoms with Crippen molar-refractivity contribution in [1.82, 2.24) is 0 Å². The average molecular weight is 308 g/mol. The van der Waals surface area contributed by atoms with Gasteiger partial charge in [0.25, 0.3) is 0 Å². The van der Waals surface area contributed by atoms with Crippen LogP contribution in [0, 0.1) is 0 Å². The lowest BCUT2D eigenvalue weighted by Gasteiger charge is -2.14. The highest BCUT2D eigenvalue weighted by molar-refractivity contribution is 7.12. The summed E-state index contributed by atoms with van der Waals surface area (Å²) in [4.78, 5) is 12.6. The molecule has 0 aliphatic rings. The molecule has 6 heteroatoms. The number of hydrogen-bond acceptors (Lipinski definition) is 6. The van der Waals surface area contributed by atoms with Crippen molar-refractivity contribution in [2.45, 2.75) is 0 Å². The van der Waals surface area contributed by atoms with E-state index >= 15 is 0 Å². The number of carbonyl (C=O) groups excluding carboxylic acids is 1. The van der Waals surface area contributed by atoms with Crippen LogP contribution in [0.25, 0.3) is 0 Å². The topological polar surface area (TPSA) is 54.0 Å². The molecule has 0 saturated heterocycles. The molecule has 0 aliphatic heterocycles. The van der Waals surface area contributed by atoms with Crippen LogP contribution in [-0.4, -0.2) is 33.7 Å². The molecular formula is C15H16O5S. The lowest BCUT2D eigenvalue weighted by atomic mass is 10.2. The Kier molecular flexibility index (Phi) is 5.05. The average Bonchev–Trinajstić information content (AvgIpc) is 3.05. The Morgan fingerprint density at radius 2 is 1.76 bits per heavy atom. The number of hydrogen-bond donors (Lipinski definition) is 0. The van der Waals surface area contributed by atoms with Crippen LogP contribution in [0.1, 0.15) is 9.67 Å². The number of Topliss-reactive ketones (excluding diaryl/α,β-unsaturated/α-hetero) is 1. The fourth-order valence-corrected chi connectivity index (χ4v) is 2.45. The zero-order valence-electron chi connectivity index (χ0n) is 12.0. The van der Waals surface area contributed by atoms with Crippen LogP contribution in [0.15, 0.2) is 29.6 Å². The highest BCUT2D eigenvalue weighted by atomic mass is 32.1. The molecule has 0 spiro atoms. The van der Waals surface area contributed by atoms with Crippen molar-refractivity contribution in [2.75, 3.05) is 27.9 Å². The smallest absolute Gasteiger partial charge is 0.210 e. The van der Waals surface area contributed by atoms with Gasteiger partial charge in [-0.15, -0.1) is 11.3 Å². The van der Waals surface area contributed by atoms with Gasteiger partial charge in [0.05, 0.1) is 26.2 Å². The Morgan fingerprint density at radius 3 is 2.24 bits per heavy atom. The zero-order chi connectivity index (χ0) is 15.2. The number of methoxy groups -OCH3 is 3. The van der Waals surface area contributed by atoms with Gasteiger partial charge >= 0.3 is 0 Å². The second-order valence-electron chi connectivity index (χ2n) is 4.05. The van der Waals surface area contributed by atoms with Crippen LogP contribution < -0.4 is 18.9 Å². The minimum Gasteiger partial charge on any atom is -0.493 e. The molecule has 0 N–H and O–H groups in total. The monoisotopic (exact) mass is 308 g/mol. The van der Waals surface area contributed by atoms with E-state index in [2.05, 4.69) is 0 Å². The first-order valence-electron chi connectivity index (χ1n) is 6.19. The highest BCUT2D eigenvalue weighted by Gasteiger charge is 2.15. The summed E-state index contributed by atoms with van der Waals surface area (Å²) in [6, 6.07) is 6.91. The number of thiophene rings is 1. The van der Waals surface area contributed by atoms with Crippen LogP contribution >= 0.6 is 11.3 Å². The third-order valence-corrected chi connectivity index (χ3v) is 3.72. The molecule has 112 valence electrons. The van der Waals surface area contributed by atoms with Crippen molar-refractivity contribution < 1.29 is 23.7 Å². The van der Waals surface area contributed by atoms with E-state index in [1.165, 1.54) is 32.7 Å². The first kappa shape index (κ1) is 15.2. The van der Waals surface area contributed by atoms with Crippen molar-refractivity contribution in [3.63, 3.8) is 0 Å². The van der Waals surface area contributed by atoms with Crippen molar-refractivity contribution in [3.05, 3.63) is 34.5 Å². The van der Waals surface area contributed by atoms with Gasteiger partial charge < -0.3 is 18.9 Å². The molecule has 2 rings (SSSR count). The van der Waals surface area contributed by atoms with Crippen molar-refractivity contribution in [3.8, 4) is 23.0 Å². The van der Waals surface area contributed by atoms with E-state index in [9.17, 15) is 4.79 Å². The van der Waals surface area contributed by atoms with E-state index in [4.69, 9.17) is 18.9 Å². The van der Waals surface area contributed by atoms with E-state index in [-0.39, 0.29) is 12.4 Å². The van der Waals surface area contributed by atoms with E-state index in [0.29, 0.717) is 27.9 Å². The zero-order valence-corrected chi connectivity index (χ0v) is 12.9. The molecule has 0 atom stereocenters. The normalized spacial score (nSPS) is 10.0. The number of benzene rings is 1. The maximum Gasteiger partial charge on any atom is 0.210 e. The molecular weight excluding hydrogens is 292 g/mol. The van der Waals surface area contributed by atoms with E-state index in [0.717, 1.165) is 0 Å². The molecule has 5 nitrogen and oxygen atoms in total. The largest absolute Gasteiger partial charge is 0.493 e. The summed E-state index contributed by atoms with van der Waals surface area (Å²) in [5, 5.41) is 1.85. The summed E-state index contributed by atoms with van der Waals surface area (Å²) in [5.74, 6) is 1.86. The van der Waals surface area contributed by atoms with Crippen molar-refractivity contribution in [2.24, 2.45) is 0 Å².